The van der Waals surface area contributed by atoms with Gasteiger partial charge in [0.15, 0.2) is 5.79 Å². The van der Waals surface area contributed by atoms with Gasteiger partial charge in [-0.2, -0.15) is 0 Å². The standard InChI is InChI=1S/C6H11O2/c1-3-8-6(7-2)4-5-6/h3H,4-5H2,1-2H3. The minimum absolute atomic E-state index is 0.214. The average Bonchev–Trinajstić information content (AvgIpc) is 2.50. The zero-order valence-electron chi connectivity index (χ0n) is 5.31. The lowest BCUT2D eigenvalue weighted by Gasteiger charge is -2.10. The number of ether oxygens (including phenoxy) is 2. The lowest BCUT2D eigenvalue weighted by Crippen LogP contribution is -2.13. The summed E-state index contributed by atoms with van der Waals surface area (Å²) in [6.45, 7) is 3.54. The topological polar surface area (TPSA) is 18.5 Å². The summed E-state index contributed by atoms with van der Waals surface area (Å²) < 4.78 is 10.2. The van der Waals surface area contributed by atoms with Gasteiger partial charge in [0.05, 0.1) is 6.61 Å². The molecule has 0 heterocycles. The molecule has 0 saturated heterocycles. The number of methoxy groups -OCH3 is 1. The first-order valence-corrected chi connectivity index (χ1v) is 2.84. The van der Waals surface area contributed by atoms with Crippen molar-refractivity contribution in [3.05, 3.63) is 6.61 Å². The van der Waals surface area contributed by atoms with Gasteiger partial charge in [-0.3, -0.25) is 0 Å². The molecule has 0 bridgehead atoms. The average molecular weight is 115 g/mol. The van der Waals surface area contributed by atoms with E-state index < -0.39 is 0 Å². The summed E-state index contributed by atoms with van der Waals surface area (Å²) in [7, 11) is 1.68. The van der Waals surface area contributed by atoms with Crippen molar-refractivity contribution in [3.8, 4) is 0 Å². The molecule has 1 aliphatic rings. The SMILES string of the molecule is C[CH]OC1(OC)CC1. The van der Waals surface area contributed by atoms with E-state index in [4.69, 9.17) is 9.47 Å². The Morgan fingerprint density at radius 1 is 1.50 bits per heavy atom. The Bertz CT molecular complexity index is 76.6. The van der Waals surface area contributed by atoms with E-state index in [0.29, 0.717) is 0 Å². The van der Waals surface area contributed by atoms with Gasteiger partial charge in [-0.15, -0.1) is 0 Å². The fourth-order valence-electron chi connectivity index (χ4n) is 0.687. The van der Waals surface area contributed by atoms with Crippen LogP contribution in [0.1, 0.15) is 19.8 Å². The van der Waals surface area contributed by atoms with Gasteiger partial charge in [-0.05, 0) is 6.92 Å². The quantitative estimate of drug-likeness (QED) is 0.516. The van der Waals surface area contributed by atoms with Crippen molar-refractivity contribution in [2.45, 2.75) is 25.6 Å². The van der Waals surface area contributed by atoms with Gasteiger partial charge in [0.2, 0.25) is 0 Å². The largest absolute Gasteiger partial charge is 0.353 e. The summed E-state index contributed by atoms with van der Waals surface area (Å²) in [6, 6.07) is 0. The van der Waals surface area contributed by atoms with Crippen LogP contribution in [0.5, 0.6) is 0 Å². The number of hydrogen-bond donors (Lipinski definition) is 0. The highest BCUT2D eigenvalue weighted by Gasteiger charge is 2.44. The van der Waals surface area contributed by atoms with Crippen LogP contribution < -0.4 is 0 Å². The van der Waals surface area contributed by atoms with Crippen LogP contribution in [0.25, 0.3) is 0 Å². The highest BCUT2D eigenvalue weighted by atomic mass is 16.7. The molecule has 0 amide bonds. The summed E-state index contributed by atoms with van der Waals surface area (Å²) in [5.74, 6) is -0.214. The molecule has 0 aliphatic heterocycles. The smallest absolute Gasteiger partial charge is 0.168 e. The van der Waals surface area contributed by atoms with Crippen LogP contribution in [0.4, 0.5) is 0 Å². The van der Waals surface area contributed by atoms with E-state index in [2.05, 4.69) is 0 Å². The van der Waals surface area contributed by atoms with Crippen molar-refractivity contribution in [2.24, 2.45) is 0 Å². The van der Waals surface area contributed by atoms with E-state index in [-0.39, 0.29) is 5.79 Å². The first kappa shape index (κ1) is 6.05. The van der Waals surface area contributed by atoms with E-state index in [1.54, 1.807) is 13.7 Å². The minimum Gasteiger partial charge on any atom is -0.353 e. The summed E-state index contributed by atoms with van der Waals surface area (Å²) in [4.78, 5) is 0. The molecule has 2 nitrogen and oxygen atoms in total. The normalized spacial score (nSPS) is 23.2. The Hall–Kier alpha value is -0.0800. The molecule has 0 unspecified atom stereocenters. The predicted molar refractivity (Wildman–Crippen MR) is 30.0 cm³/mol. The minimum atomic E-state index is -0.214. The molecular formula is C6H11O2. The summed E-state index contributed by atoms with van der Waals surface area (Å²) >= 11 is 0. The highest BCUT2D eigenvalue weighted by Crippen LogP contribution is 2.40. The maximum Gasteiger partial charge on any atom is 0.168 e. The van der Waals surface area contributed by atoms with Gasteiger partial charge < -0.3 is 9.47 Å². The molecule has 1 radical (unpaired) electrons. The third kappa shape index (κ3) is 1.01. The predicted octanol–water partition coefficient (Wildman–Crippen LogP) is 1.32. The van der Waals surface area contributed by atoms with Crippen LogP contribution in [0.2, 0.25) is 0 Å². The third-order valence-corrected chi connectivity index (χ3v) is 1.36. The first-order chi connectivity index (χ1) is 3.83. The molecule has 1 rings (SSSR count). The van der Waals surface area contributed by atoms with E-state index >= 15 is 0 Å². The van der Waals surface area contributed by atoms with Crippen LogP contribution in [-0.2, 0) is 9.47 Å². The van der Waals surface area contributed by atoms with E-state index in [9.17, 15) is 0 Å². The third-order valence-electron chi connectivity index (χ3n) is 1.36. The molecule has 0 N–H and O–H groups in total. The van der Waals surface area contributed by atoms with Gasteiger partial charge in [-0.1, -0.05) is 0 Å². The van der Waals surface area contributed by atoms with Crippen LogP contribution in [-0.4, -0.2) is 12.9 Å². The lowest BCUT2D eigenvalue weighted by molar-refractivity contribution is -0.123. The fourth-order valence-corrected chi connectivity index (χ4v) is 0.687. The maximum atomic E-state index is 5.14. The molecule has 2 heteroatoms. The zero-order chi connectivity index (χ0) is 6.04. The molecule has 0 aromatic rings. The van der Waals surface area contributed by atoms with Crippen LogP contribution >= 0.6 is 0 Å². The Morgan fingerprint density at radius 2 is 2.12 bits per heavy atom. The first-order valence-electron chi connectivity index (χ1n) is 2.84. The van der Waals surface area contributed by atoms with Crippen molar-refractivity contribution in [2.75, 3.05) is 7.11 Å². The van der Waals surface area contributed by atoms with Gasteiger partial charge in [-0.25, -0.2) is 0 Å². The molecular weight excluding hydrogens is 104 g/mol. The Balaban J connectivity index is 2.20. The second-order valence-corrected chi connectivity index (χ2v) is 1.97. The Kier molecular flexibility index (Phi) is 1.54. The maximum absolute atomic E-state index is 5.14. The van der Waals surface area contributed by atoms with Gasteiger partial charge in [0, 0.05) is 20.0 Å². The Morgan fingerprint density at radius 3 is 2.25 bits per heavy atom. The molecule has 0 aromatic heterocycles. The number of hydrogen-bond acceptors (Lipinski definition) is 2. The molecule has 8 heavy (non-hydrogen) atoms. The highest BCUT2D eigenvalue weighted by molar-refractivity contribution is 4.86. The monoisotopic (exact) mass is 115 g/mol. The van der Waals surface area contributed by atoms with Gasteiger partial charge in [0.1, 0.15) is 0 Å². The molecule has 1 aliphatic carbocycles. The van der Waals surface area contributed by atoms with Crippen LogP contribution in [0, 0.1) is 6.61 Å². The summed E-state index contributed by atoms with van der Waals surface area (Å²) in [5, 5.41) is 0. The summed E-state index contributed by atoms with van der Waals surface area (Å²) in [6.07, 6.45) is 2.07. The van der Waals surface area contributed by atoms with Crippen LogP contribution in [0.3, 0.4) is 0 Å². The van der Waals surface area contributed by atoms with Crippen molar-refractivity contribution in [1.29, 1.82) is 0 Å². The van der Waals surface area contributed by atoms with E-state index in [0.717, 1.165) is 12.8 Å². The molecule has 0 spiro atoms. The Labute approximate surface area is 49.8 Å². The molecule has 0 aromatic carbocycles. The second kappa shape index (κ2) is 2.03. The van der Waals surface area contributed by atoms with Crippen molar-refractivity contribution < 1.29 is 9.47 Å². The van der Waals surface area contributed by atoms with E-state index in [1.807, 2.05) is 6.92 Å². The molecule has 47 valence electrons. The zero-order valence-corrected chi connectivity index (χ0v) is 5.31. The van der Waals surface area contributed by atoms with Gasteiger partial charge in [0.25, 0.3) is 0 Å². The fraction of sp³-hybridized carbons (Fsp3) is 0.833. The van der Waals surface area contributed by atoms with Crippen molar-refractivity contribution in [1.82, 2.24) is 0 Å². The molecule has 0 atom stereocenters. The number of rotatable bonds is 3. The lowest BCUT2D eigenvalue weighted by atomic mass is 10.7. The van der Waals surface area contributed by atoms with Crippen molar-refractivity contribution in [3.63, 3.8) is 0 Å². The van der Waals surface area contributed by atoms with Gasteiger partial charge >= 0.3 is 0 Å². The van der Waals surface area contributed by atoms with Crippen molar-refractivity contribution >= 4 is 0 Å². The van der Waals surface area contributed by atoms with Crippen LogP contribution in [0.15, 0.2) is 0 Å². The van der Waals surface area contributed by atoms with E-state index in [1.165, 1.54) is 0 Å². The summed E-state index contributed by atoms with van der Waals surface area (Å²) in [5.41, 5.74) is 0. The molecule has 1 fully saturated rings. The molecule has 1 saturated carbocycles. The second-order valence-electron chi connectivity index (χ2n) is 1.97.